The van der Waals surface area contributed by atoms with E-state index in [0.717, 1.165) is 45.4 Å². The number of hydrogen-bond acceptors (Lipinski definition) is 3. The van der Waals surface area contributed by atoms with E-state index < -0.39 is 0 Å². The van der Waals surface area contributed by atoms with Crippen LogP contribution in [0.2, 0.25) is 0 Å². The zero-order chi connectivity index (χ0) is 17.8. The highest BCUT2D eigenvalue weighted by molar-refractivity contribution is 7.09. The van der Waals surface area contributed by atoms with Crippen molar-refractivity contribution in [3.63, 3.8) is 0 Å². The molecule has 2 fully saturated rings. The van der Waals surface area contributed by atoms with E-state index in [1.54, 1.807) is 0 Å². The average Bonchev–Trinajstić information content (AvgIpc) is 3.17. The minimum atomic E-state index is 0.306. The molecule has 138 valence electrons. The van der Waals surface area contributed by atoms with Gasteiger partial charge < -0.3 is 4.90 Å². The predicted octanol–water partition coefficient (Wildman–Crippen LogP) is 4.20. The second-order valence-corrected chi connectivity index (χ2v) is 8.98. The molecule has 2 aromatic rings. The highest BCUT2D eigenvalue weighted by atomic mass is 32.1. The summed E-state index contributed by atoms with van der Waals surface area (Å²) in [6.45, 7) is 5.20. The summed E-state index contributed by atoms with van der Waals surface area (Å²) in [7, 11) is 0. The third-order valence-electron chi connectivity index (χ3n) is 5.96. The molecule has 0 N–H and O–H groups in total. The molecule has 1 aromatic carbocycles. The number of rotatable bonds is 5. The molecule has 4 heteroatoms. The fraction of sp³-hybridized carbons (Fsp3) is 0.500. The minimum Gasteiger partial charge on any atom is -0.342 e. The highest BCUT2D eigenvalue weighted by Gasteiger charge is 2.41. The lowest BCUT2D eigenvalue weighted by Crippen LogP contribution is -2.54. The van der Waals surface area contributed by atoms with Crippen LogP contribution in [0.5, 0.6) is 0 Å². The van der Waals surface area contributed by atoms with Crippen molar-refractivity contribution in [3.8, 4) is 0 Å². The van der Waals surface area contributed by atoms with Crippen molar-refractivity contribution in [1.82, 2.24) is 9.80 Å². The van der Waals surface area contributed by atoms with Gasteiger partial charge in [0.1, 0.15) is 0 Å². The Bertz CT molecular complexity index is 715. The Morgan fingerprint density at radius 2 is 1.92 bits per heavy atom. The summed E-state index contributed by atoms with van der Waals surface area (Å²) in [4.78, 5) is 18.7. The number of carbonyl (C=O) groups excluding carboxylic acids is 1. The van der Waals surface area contributed by atoms with E-state index in [2.05, 4.69) is 57.6 Å². The summed E-state index contributed by atoms with van der Waals surface area (Å²) in [6.07, 6.45) is 5.27. The van der Waals surface area contributed by atoms with Gasteiger partial charge in [0.05, 0.1) is 0 Å². The van der Waals surface area contributed by atoms with Crippen LogP contribution in [0, 0.1) is 5.41 Å². The van der Waals surface area contributed by atoms with Gasteiger partial charge in [0.2, 0.25) is 5.91 Å². The lowest BCUT2D eigenvalue weighted by atomic mass is 9.73. The molecule has 2 saturated heterocycles. The summed E-state index contributed by atoms with van der Waals surface area (Å²) in [6, 6.07) is 14.9. The number of carbonyl (C=O) groups is 1. The van der Waals surface area contributed by atoms with Gasteiger partial charge in [-0.05, 0) is 49.2 Å². The maximum atomic E-state index is 12.5. The van der Waals surface area contributed by atoms with Gasteiger partial charge in [0.25, 0.3) is 0 Å². The van der Waals surface area contributed by atoms with Crippen LogP contribution >= 0.6 is 11.3 Å². The number of benzene rings is 1. The fourth-order valence-electron chi connectivity index (χ4n) is 4.62. The highest BCUT2D eigenvalue weighted by Crippen LogP contribution is 2.39. The smallest absolute Gasteiger partial charge is 0.222 e. The van der Waals surface area contributed by atoms with Crippen LogP contribution in [0.1, 0.15) is 36.1 Å². The summed E-state index contributed by atoms with van der Waals surface area (Å²) in [5.41, 5.74) is 1.63. The Morgan fingerprint density at radius 1 is 1.04 bits per heavy atom. The molecule has 1 atom stereocenters. The second-order valence-electron chi connectivity index (χ2n) is 7.94. The van der Waals surface area contributed by atoms with Gasteiger partial charge in [-0.3, -0.25) is 9.69 Å². The predicted molar refractivity (Wildman–Crippen MR) is 107 cm³/mol. The van der Waals surface area contributed by atoms with Crippen LogP contribution < -0.4 is 0 Å². The standard InChI is InChI=1S/C22H28N2OS/c25-21-9-12-22(18-24(21)14-10-19-6-2-1-3-7-19)11-5-13-23(17-22)16-20-8-4-15-26-20/h1-4,6-8,15H,5,9-14,16-18H2/t22-/m0/s1. The summed E-state index contributed by atoms with van der Waals surface area (Å²) < 4.78 is 0. The molecule has 0 saturated carbocycles. The van der Waals surface area contributed by atoms with E-state index in [1.807, 2.05) is 11.3 Å². The number of nitrogens with zero attached hydrogens (tertiary/aromatic N) is 2. The Kier molecular flexibility index (Phi) is 5.41. The molecule has 1 aromatic heterocycles. The minimum absolute atomic E-state index is 0.306. The van der Waals surface area contributed by atoms with Crippen LogP contribution in [0.25, 0.3) is 0 Å². The monoisotopic (exact) mass is 368 g/mol. The SMILES string of the molecule is O=C1CC[C@]2(CCCN(Cc3cccs3)C2)CN1CCc1ccccc1. The van der Waals surface area contributed by atoms with E-state index in [0.29, 0.717) is 11.3 Å². The molecule has 4 rings (SSSR count). The molecule has 0 bridgehead atoms. The van der Waals surface area contributed by atoms with Crippen LogP contribution in [0.3, 0.4) is 0 Å². The molecule has 1 spiro atoms. The first kappa shape index (κ1) is 17.7. The maximum Gasteiger partial charge on any atom is 0.222 e. The van der Waals surface area contributed by atoms with Crippen molar-refractivity contribution in [1.29, 1.82) is 0 Å². The molecule has 2 aliphatic heterocycles. The lowest BCUT2D eigenvalue weighted by Gasteiger charge is -2.48. The zero-order valence-electron chi connectivity index (χ0n) is 15.4. The molecule has 0 aliphatic carbocycles. The number of likely N-dealkylation sites (tertiary alicyclic amines) is 2. The first-order chi connectivity index (χ1) is 12.7. The quantitative estimate of drug-likeness (QED) is 0.790. The first-order valence-corrected chi connectivity index (χ1v) is 10.7. The van der Waals surface area contributed by atoms with Crippen molar-refractivity contribution >= 4 is 17.2 Å². The average molecular weight is 369 g/mol. The van der Waals surface area contributed by atoms with Gasteiger partial charge >= 0.3 is 0 Å². The van der Waals surface area contributed by atoms with Crippen molar-refractivity contribution < 1.29 is 4.79 Å². The van der Waals surface area contributed by atoms with Crippen LogP contribution in [-0.2, 0) is 17.8 Å². The first-order valence-electron chi connectivity index (χ1n) is 9.79. The maximum absolute atomic E-state index is 12.5. The van der Waals surface area contributed by atoms with E-state index in [4.69, 9.17) is 0 Å². The largest absolute Gasteiger partial charge is 0.342 e. The Balaban J connectivity index is 1.38. The van der Waals surface area contributed by atoms with Gasteiger partial charge in [-0.2, -0.15) is 0 Å². The van der Waals surface area contributed by atoms with Gasteiger partial charge in [0, 0.05) is 42.9 Å². The molecule has 1 amide bonds. The summed E-state index contributed by atoms with van der Waals surface area (Å²) in [5.74, 6) is 0.349. The van der Waals surface area contributed by atoms with E-state index in [1.165, 1.54) is 29.8 Å². The Morgan fingerprint density at radius 3 is 2.73 bits per heavy atom. The molecule has 2 aliphatic rings. The molecule has 26 heavy (non-hydrogen) atoms. The number of amides is 1. The van der Waals surface area contributed by atoms with Gasteiger partial charge in [-0.15, -0.1) is 11.3 Å². The van der Waals surface area contributed by atoms with Gasteiger partial charge in [-0.25, -0.2) is 0 Å². The molecule has 3 heterocycles. The second kappa shape index (κ2) is 7.93. The molecule has 0 radical (unpaired) electrons. The Hall–Kier alpha value is -1.65. The number of piperidine rings is 2. The van der Waals surface area contributed by atoms with E-state index in [-0.39, 0.29) is 0 Å². The van der Waals surface area contributed by atoms with Crippen LogP contribution in [0.15, 0.2) is 47.8 Å². The topological polar surface area (TPSA) is 23.6 Å². The molecule has 3 nitrogen and oxygen atoms in total. The molecular formula is C22H28N2OS. The van der Waals surface area contributed by atoms with Crippen LogP contribution in [-0.4, -0.2) is 41.9 Å². The van der Waals surface area contributed by atoms with Crippen molar-refractivity contribution in [2.24, 2.45) is 5.41 Å². The molecular weight excluding hydrogens is 340 g/mol. The van der Waals surface area contributed by atoms with Crippen molar-refractivity contribution in [3.05, 3.63) is 58.3 Å². The zero-order valence-corrected chi connectivity index (χ0v) is 16.2. The fourth-order valence-corrected chi connectivity index (χ4v) is 5.36. The summed E-state index contributed by atoms with van der Waals surface area (Å²) >= 11 is 1.85. The normalized spacial score (nSPS) is 24.3. The van der Waals surface area contributed by atoms with Crippen molar-refractivity contribution in [2.75, 3.05) is 26.2 Å². The number of hydrogen-bond donors (Lipinski definition) is 0. The third kappa shape index (κ3) is 4.18. The van der Waals surface area contributed by atoms with E-state index >= 15 is 0 Å². The van der Waals surface area contributed by atoms with Gasteiger partial charge in [-0.1, -0.05) is 36.4 Å². The number of thiophene rings is 1. The lowest BCUT2D eigenvalue weighted by molar-refractivity contribution is -0.139. The Labute approximate surface area is 160 Å². The van der Waals surface area contributed by atoms with Crippen molar-refractivity contribution in [2.45, 2.75) is 38.6 Å². The third-order valence-corrected chi connectivity index (χ3v) is 6.82. The van der Waals surface area contributed by atoms with E-state index in [9.17, 15) is 4.79 Å². The molecule has 0 unspecified atom stereocenters. The summed E-state index contributed by atoms with van der Waals surface area (Å²) in [5, 5.41) is 2.17. The van der Waals surface area contributed by atoms with Crippen LogP contribution in [0.4, 0.5) is 0 Å². The van der Waals surface area contributed by atoms with Gasteiger partial charge in [0.15, 0.2) is 0 Å².